The summed E-state index contributed by atoms with van der Waals surface area (Å²) in [6.07, 6.45) is 1.35. The van der Waals surface area contributed by atoms with Gasteiger partial charge in [0.05, 0.1) is 29.0 Å². The highest BCUT2D eigenvalue weighted by Gasteiger charge is 2.09. The van der Waals surface area contributed by atoms with Gasteiger partial charge in [0.1, 0.15) is 0 Å². The van der Waals surface area contributed by atoms with Crippen molar-refractivity contribution >= 4 is 21.2 Å². The van der Waals surface area contributed by atoms with Gasteiger partial charge in [-0.1, -0.05) is 0 Å². The minimum atomic E-state index is -3.21. The number of nitrogens with one attached hydrogen (secondary N) is 1. The van der Waals surface area contributed by atoms with Gasteiger partial charge in [0.25, 0.3) is 0 Å². The van der Waals surface area contributed by atoms with Gasteiger partial charge in [-0.2, -0.15) is 0 Å². The van der Waals surface area contributed by atoms with Crippen LogP contribution in [0, 0.1) is 0 Å². The van der Waals surface area contributed by atoms with E-state index in [1.807, 2.05) is 13.8 Å². The predicted molar refractivity (Wildman–Crippen MR) is 73.5 cm³/mol. The fourth-order valence-electron chi connectivity index (χ4n) is 1.41. The molecule has 0 saturated heterocycles. The molecule has 0 unspecified atom stereocenters. The summed E-state index contributed by atoms with van der Waals surface area (Å²) < 4.78 is 28.1. The molecule has 0 aliphatic rings. The average molecular weight is 272 g/mol. The molecule has 0 aromatic heterocycles. The highest BCUT2D eigenvalue weighted by molar-refractivity contribution is 7.90. The molecule has 102 valence electrons. The van der Waals surface area contributed by atoms with Crippen LogP contribution in [0.15, 0.2) is 23.1 Å². The van der Waals surface area contributed by atoms with Crippen molar-refractivity contribution in [1.29, 1.82) is 0 Å². The molecule has 18 heavy (non-hydrogen) atoms. The first-order valence-corrected chi connectivity index (χ1v) is 7.65. The zero-order chi connectivity index (χ0) is 13.8. The molecular formula is C12H20N2O3S. The summed E-state index contributed by atoms with van der Waals surface area (Å²) in [7, 11) is -3.21. The third-order valence-corrected chi connectivity index (χ3v) is 3.43. The summed E-state index contributed by atoms with van der Waals surface area (Å²) >= 11 is 0. The van der Waals surface area contributed by atoms with E-state index >= 15 is 0 Å². The molecule has 0 aliphatic carbocycles. The van der Waals surface area contributed by atoms with Gasteiger partial charge < -0.3 is 15.8 Å². The summed E-state index contributed by atoms with van der Waals surface area (Å²) in [6, 6.07) is 4.67. The second-order valence-corrected chi connectivity index (χ2v) is 6.38. The molecule has 0 amide bonds. The van der Waals surface area contributed by atoms with Crippen LogP contribution in [0.4, 0.5) is 11.4 Å². The molecule has 0 atom stereocenters. The fourth-order valence-corrected chi connectivity index (χ4v) is 2.07. The van der Waals surface area contributed by atoms with Crippen LogP contribution in [-0.2, 0) is 14.6 Å². The van der Waals surface area contributed by atoms with E-state index in [4.69, 9.17) is 10.5 Å². The lowest BCUT2D eigenvalue weighted by molar-refractivity contribution is 0.0870. The first-order chi connectivity index (χ1) is 8.30. The van der Waals surface area contributed by atoms with Crippen LogP contribution in [0.1, 0.15) is 13.8 Å². The molecule has 5 nitrogen and oxygen atoms in total. The molecule has 0 heterocycles. The number of nitrogens with two attached hydrogens (primary N) is 1. The van der Waals surface area contributed by atoms with Crippen LogP contribution < -0.4 is 11.1 Å². The lowest BCUT2D eigenvalue weighted by atomic mass is 10.2. The molecule has 1 aromatic carbocycles. The van der Waals surface area contributed by atoms with Gasteiger partial charge in [-0.15, -0.1) is 0 Å². The summed E-state index contributed by atoms with van der Waals surface area (Å²) in [5, 5.41) is 3.10. The van der Waals surface area contributed by atoms with Gasteiger partial charge in [-0.25, -0.2) is 8.42 Å². The van der Waals surface area contributed by atoms with E-state index in [2.05, 4.69) is 5.32 Å². The molecule has 3 N–H and O–H groups in total. The minimum Gasteiger partial charge on any atom is -0.397 e. The monoisotopic (exact) mass is 272 g/mol. The Morgan fingerprint density at radius 2 is 2.06 bits per heavy atom. The SMILES string of the molecule is CC(C)OCCNc1ccc(S(C)(=O)=O)cc1N. The molecular weight excluding hydrogens is 252 g/mol. The average Bonchev–Trinajstić information content (AvgIpc) is 2.24. The van der Waals surface area contributed by atoms with Crippen molar-refractivity contribution in [2.24, 2.45) is 0 Å². The molecule has 0 aliphatic heterocycles. The number of ether oxygens (including phenoxy) is 1. The van der Waals surface area contributed by atoms with Crippen LogP contribution >= 0.6 is 0 Å². The van der Waals surface area contributed by atoms with Crippen molar-refractivity contribution in [3.8, 4) is 0 Å². The molecule has 0 radical (unpaired) electrons. The third-order valence-electron chi connectivity index (χ3n) is 2.32. The minimum absolute atomic E-state index is 0.191. The van der Waals surface area contributed by atoms with Crippen molar-refractivity contribution in [2.45, 2.75) is 24.8 Å². The van der Waals surface area contributed by atoms with Crippen LogP contribution in [0.5, 0.6) is 0 Å². The Hall–Kier alpha value is -1.27. The number of rotatable bonds is 6. The maximum absolute atomic E-state index is 11.3. The highest BCUT2D eigenvalue weighted by Crippen LogP contribution is 2.22. The second kappa shape index (κ2) is 6.06. The second-order valence-electron chi connectivity index (χ2n) is 4.37. The zero-order valence-electron chi connectivity index (χ0n) is 10.9. The topological polar surface area (TPSA) is 81.4 Å². The van der Waals surface area contributed by atoms with E-state index in [-0.39, 0.29) is 11.0 Å². The van der Waals surface area contributed by atoms with Crippen LogP contribution in [-0.4, -0.2) is 33.9 Å². The first kappa shape index (κ1) is 14.8. The standard InChI is InChI=1S/C12H20N2O3S/c1-9(2)17-7-6-14-12-5-4-10(8-11(12)13)18(3,15)16/h4-5,8-9,14H,6-7,13H2,1-3H3. The number of sulfone groups is 1. The van der Waals surface area contributed by atoms with Gasteiger partial charge in [-0.05, 0) is 32.0 Å². The number of nitrogen functional groups attached to an aromatic ring is 1. The summed E-state index contributed by atoms with van der Waals surface area (Å²) in [5.41, 5.74) is 6.93. The number of hydrogen-bond acceptors (Lipinski definition) is 5. The molecule has 0 bridgehead atoms. The van der Waals surface area contributed by atoms with E-state index < -0.39 is 9.84 Å². The molecule has 1 aromatic rings. The van der Waals surface area contributed by atoms with Gasteiger partial charge in [0, 0.05) is 12.8 Å². The van der Waals surface area contributed by atoms with Crippen molar-refractivity contribution in [3.63, 3.8) is 0 Å². The van der Waals surface area contributed by atoms with Gasteiger partial charge >= 0.3 is 0 Å². The Balaban J connectivity index is 2.64. The highest BCUT2D eigenvalue weighted by atomic mass is 32.2. The van der Waals surface area contributed by atoms with E-state index in [1.54, 1.807) is 6.07 Å². The lowest BCUT2D eigenvalue weighted by Crippen LogP contribution is -2.14. The summed E-state index contributed by atoms with van der Waals surface area (Å²) in [5.74, 6) is 0. The molecule has 0 spiro atoms. The van der Waals surface area contributed by atoms with Gasteiger partial charge in [0.2, 0.25) is 0 Å². The van der Waals surface area contributed by atoms with E-state index in [1.165, 1.54) is 12.1 Å². The van der Waals surface area contributed by atoms with Gasteiger partial charge in [-0.3, -0.25) is 0 Å². The Kier molecular flexibility index (Phi) is 4.98. The summed E-state index contributed by atoms with van der Waals surface area (Å²) in [4.78, 5) is 0.226. The molecule has 0 fully saturated rings. The first-order valence-electron chi connectivity index (χ1n) is 5.76. The third kappa shape index (κ3) is 4.54. The molecule has 1 rings (SSSR count). The quantitative estimate of drug-likeness (QED) is 0.606. The van der Waals surface area contributed by atoms with E-state index in [9.17, 15) is 8.42 Å². The Bertz CT molecular complexity index is 498. The Morgan fingerprint density at radius 3 is 2.56 bits per heavy atom. The maximum atomic E-state index is 11.3. The Morgan fingerprint density at radius 1 is 1.39 bits per heavy atom. The van der Waals surface area contributed by atoms with Crippen LogP contribution in [0.25, 0.3) is 0 Å². The van der Waals surface area contributed by atoms with Crippen molar-refractivity contribution in [2.75, 3.05) is 30.5 Å². The van der Waals surface area contributed by atoms with Crippen molar-refractivity contribution in [3.05, 3.63) is 18.2 Å². The normalized spacial score (nSPS) is 11.8. The van der Waals surface area contributed by atoms with Crippen molar-refractivity contribution in [1.82, 2.24) is 0 Å². The molecule has 6 heteroatoms. The smallest absolute Gasteiger partial charge is 0.175 e. The van der Waals surface area contributed by atoms with Crippen molar-refractivity contribution < 1.29 is 13.2 Å². The van der Waals surface area contributed by atoms with Gasteiger partial charge in [0.15, 0.2) is 9.84 Å². The number of anilines is 2. The summed E-state index contributed by atoms with van der Waals surface area (Å²) in [6.45, 7) is 5.13. The Labute approximate surface area is 108 Å². The van der Waals surface area contributed by atoms with Crippen LogP contribution in [0.3, 0.4) is 0 Å². The zero-order valence-corrected chi connectivity index (χ0v) is 11.8. The fraction of sp³-hybridized carbons (Fsp3) is 0.500. The predicted octanol–water partition coefficient (Wildman–Crippen LogP) is 1.51. The molecule has 0 saturated carbocycles. The largest absolute Gasteiger partial charge is 0.397 e. The lowest BCUT2D eigenvalue weighted by Gasteiger charge is -2.12. The number of hydrogen-bond donors (Lipinski definition) is 2. The van der Waals surface area contributed by atoms with E-state index in [0.29, 0.717) is 18.8 Å². The van der Waals surface area contributed by atoms with Crippen LogP contribution in [0.2, 0.25) is 0 Å². The number of benzene rings is 1. The maximum Gasteiger partial charge on any atom is 0.175 e. The van der Waals surface area contributed by atoms with E-state index in [0.717, 1.165) is 11.9 Å².